The van der Waals surface area contributed by atoms with Crippen molar-refractivity contribution in [3.63, 3.8) is 0 Å². The number of benzene rings is 1. The van der Waals surface area contributed by atoms with E-state index in [1.54, 1.807) is 0 Å². The molecule has 0 bridgehead atoms. The molecule has 1 aromatic rings. The van der Waals surface area contributed by atoms with Crippen LogP contribution in [0.2, 0.25) is 0 Å². The molecule has 2 fully saturated rings. The smallest absolute Gasteiger partial charge is 0.289 e. The molecular formula is C19H28N4O5S. The van der Waals surface area contributed by atoms with Gasteiger partial charge in [-0.25, -0.2) is 8.42 Å². The number of rotatable bonds is 5. The van der Waals surface area contributed by atoms with Crippen molar-refractivity contribution in [1.82, 2.24) is 14.1 Å². The highest BCUT2D eigenvalue weighted by molar-refractivity contribution is 7.89. The zero-order valence-corrected chi connectivity index (χ0v) is 17.5. The minimum absolute atomic E-state index is 0.0990. The number of likely N-dealkylation sites (tertiary alicyclic amines) is 1. The van der Waals surface area contributed by atoms with Crippen molar-refractivity contribution >= 4 is 21.6 Å². The summed E-state index contributed by atoms with van der Waals surface area (Å²) in [6.45, 7) is 4.68. The Balaban J connectivity index is 1.65. The zero-order chi connectivity index (χ0) is 21.0. The Morgan fingerprint density at radius 3 is 2.17 bits per heavy atom. The van der Waals surface area contributed by atoms with Gasteiger partial charge in [0.2, 0.25) is 15.9 Å². The minimum atomic E-state index is -3.96. The van der Waals surface area contributed by atoms with Crippen molar-refractivity contribution in [2.24, 2.45) is 0 Å². The van der Waals surface area contributed by atoms with E-state index in [4.69, 9.17) is 0 Å². The number of para-hydroxylation sites is 1. The van der Waals surface area contributed by atoms with E-state index in [1.165, 1.54) is 28.6 Å². The van der Waals surface area contributed by atoms with Crippen molar-refractivity contribution in [3.8, 4) is 0 Å². The molecule has 0 spiro atoms. The van der Waals surface area contributed by atoms with Crippen molar-refractivity contribution in [3.05, 3.63) is 34.4 Å². The van der Waals surface area contributed by atoms with Gasteiger partial charge in [-0.05, 0) is 25.8 Å². The lowest BCUT2D eigenvalue weighted by atomic mass is 10.2. The van der Waals surface area contributed by atoms with Crippen molar-refractivity contribution < 1.29 is 18.1 Å². The molecular weight excluding hydrogens is 396 g/mol. The van der Waals surface area contributed by atoms with E-state index in [2.05, 4.69) is 0 Å². The number of carbonyl (C=O) groups is 1. The van der Waals surface area contributed by atoms with Crippen LogP contribution in [0.25, 0.3) is 0 Å². The Kier molecular flexibility index (Phi) is 6.86. The number of amides is 1. The lowest BCUT2D eigenvalue weighted by molar-refractivity contribution is -0.387. The standard InChI is InChI=1S/C19H28N4O5S/c1-16(19(24)21-10-6-2-3-7-11-21)20-12-14-22(15-13-20)29(27,28)18-9-5-4-8-17(18)23(25)26/h4-5,8-9,16H,2-3,6-7,10-15H2,1H3/t16-/m0/s1. The quantitative estimate of drug-likeness (QED) is 0.526. The van der Waals surface area contributed by atoms with Crippen LogP contribution in [-0.4, -0.2) is 78.7 Å². The maximum atomic E-state index is 12.9. The summed E-state index contributed by atoms with van der Waals surface area (Å²) in [6, 6.07) is 5.10. The molecule has 2 saturated heterocycles. The Morgan fingerprint density at radius 1 is 1.00 bits per heavy atom. The summed E-state index contributed by atoms with van der Waals surface area (Å²) in [5, 5.41) is 11.2. The third-order valence-electron chi connectivity index (χ3n) is 5.78. The van der Waals surface area contributed by atoms with Crippen LogP contribution < -0.4 is 0 Å². The first kappa shape index (κ1) is 21.7. The zero-order valence-electron chi connectivity index (χ0n) is 16.7. The molecule has 0 radical (unpaired) electrons. The van der Waals surface area contributed by atoms with Crippen LogP contribution in [-0.2, 0) is 14.8 Å². The Hall–Kier alpha value is -2.04. The van der Waals surface area contributed by atoms with Crippen LogP contribution in [0.1, 0.15) is 32.6 Å². The number of piperazine rings is 1. The summed E-state index contributed by atoms with van der Waals surface area (Å²) < 4.78 is 27.1. The summed E-state index contributed by atoms with van der Waals surface area (Å²) in [5.74, 6) is 0.0990. The third kappa shape index (κ3) is 4.76. The van der Waals surface area contributed by atoms with E-state index in [9.17, 15) is 23.3 Å². The SMILES string of the molecule is C[C@@H](C(=O)N1CCCCCC1)N1CCN(S(=O)(=O)c2ccccc2[N+](=O)[O-])CC1. The number of nitrogens with zero attached hydrogens (tertiary/aromatic N) is 4. The minimum Gasteiger partial charge on any atom is -0.341 e. The van der Waals surface area contributed by atoms with Gasteiger partial charge in [0.05, 0.1) is 11.0 Å². The van der Waals surface area contributed by atoms with E-state index in [0.29, 0.717) is 13.1 Å². The summed E-state index contributed by atoms with van der Waals surface area (Å²) in [6.07, 6.45) is 4.36. The first-order valence-corrected chi connectivity index (χ1v) is 11.5. The molecule has 1 amide bonds. The molecule has 3 rings (SSSR count). The molecule has 29 heavy (non-hydrogen) atoms. The second kappa shape index (κ2) is 9.19. The average molecular weight is 425 g/mol. The summed E-state index contributed by atoms with van der Waals surface area (Å²) in [7, 11) is -3.96. The van der Waals surface area contributed by atoms with Crippen molar-refractivity contribution in [1.29, 1.82) is 0 Å². The first-order chi connectivity index (χ1) is 13.8. The van der Waals surface area contributed by atoms with Gasteiger partial charge in [0.25, 0.3) is 5.69 Å². The monoisotopic (exact) mass is 424 g/mol. The van der Waals surface area contributed by atoms with E-state index >= 15 is 0 Å². The molecule has 2 aliphatic heterocycles. The Morgan fingerprint density at radius 2 is 1.59 bits per heavy atom. The van der Waals surface area contributed by atoms with Crippen LogP contribution in [0.15, 0.2) is 29.2 Å². The Bertz CT molecular complexity index is 844. The van der Waals surface area contributed by atoms with Gasteiger partial charge in [-0.15, -0.1) is 0 Å². The van der Waals surface area contributed by atoms with E-state index < -0.39 is 20.6 Å². The lowest BCUT2D eigenvalue weighted by Crippen LogP contribution is -2.55. The van der Waals surface area contributed by atoms with Crippen LogP contribution >= 0.6 is 0 Å². The molecule has 9 nitrogen and oxygen atoms in total. The fraction of sp³-hybridized carbons (Fsp3) is 0.632. The summed E-state index contributed by atoms with van der Waals surface area (Å²) >= 11 is 0. The van der Waals surface area contributed by atoms with E-state index in [1.807, 2.05) is 16.7 Å². The normalized spacial score (nSPS) is 20.8. The van der Waals surface area contributed by atoms with Crippen LogP contribution in [0.4, 0.5) is 5.69 Å². The highest BCUT2D eigenvalue weighted by Gasteiger charge is 2.36. The molecule has 10 heteroatoms. The van der Waals surface area contributed by atoms with Gasteiger partial charge >= 0.3 is 0 Å². The third-order valence-corrected chi connectivity index (χ3v) is 7.72. The molecule has 160 valence electrons. The molecule has 0 N–H and O–H groups in total. The highest BCUT2D eigenvalue weighted by atomic mass is 32.2. The number of nitro benzene ring substituents is 1. The lowest BCUT2D eigenvalue weighted by Gasteiger charge is -2.38. The maximum Gasteiger partial charge on any atom is 0.289 e. The van der Waals surface area contributed by atoms with Gasteiger partial charge in [0.15, 0.2) is 4.90 Å². The fourth-order valence-corrected chi connectivity index (χ4v) is 5.59. The van der Waals surface area contributed by atoms with Gasteiger partial charge in [-0.2, -0.15) is 4.31 Å². The van der Waals surface area contributed by atoms with E-state index in [0.717, 1.165) is 38.8 Å². The van der Waals surface area contributed by atoms with E-state index in [-0.39, 0.29) is 29.9 Å². The second-order valence-electron chi connectivity index (χ2n) is 7.58. The average Bonchev–Trinajstić information content (AvgIpc) is 3.02. The van der Waals surface area contributed by atoms with Crippen LogP contribution in [0.3, 0.4) is 0 Å². The second-order valence-corrected chi connectivity index (χ2v) is 9.49. The number of carbonyl (C=O) groups excluding carboxylic acids is 1. The molecule has 1 aromatic carbocycles. The number of nitro groups is 1. The largest absolute Gasteiger partial charge is 0.341 e. The maximum absolute atomic E-state index is 12.9. The van der Waals surface area contributed by atoms with Gasteiger partial charge < -0.3 is 4.90 Å². The number of hydrogen-bond acceptors (Lipinski definition) is 6. The van der Waals surface area contributed by atoms with Gasteiger partial charge in [0, 0.05) is 45.3 Å². The van der Waals surface area contributed by atoms with Crippen molar-refractivity contribution in [2.45, 2.75) is 43.5 Å². The topological polar surface area (TPSA) is 104 Å². The van der Waals surface area contributed by atoms with Crippen molar-refractivity contribution in [2.75, 3.05) is 39.3 Å². The molecule has 0 aromatic heterocycles. The van der Waals surface area contributed by atoms with Gasteiger partial charge in [-0.3, -0.25) is 19.8 Å². The predicted molar refractivity (Wildman–Crippen MR) is 108 cm³/mol. The van der Waals surface area contributed by atoms with Gasteiger partial charge in [0.1, 0.15) is 0 Å². The molecule has 1 atom stereocenters. The molecule has 0 aliphatic carbocycles. The fourth-order valence-electron chi connectivity index (χ4n) is 4.01. The molecule has 2 aliphatic rings. The summed E-state index contributed by atoms with van der Waals surface area (Å²) in [5.41, 5.74) is -0.417. The Labute approximate surface area is 171 Å². The number of hydrogen-bond donors (Lipinski definition) is 0. The molecule has 2 heterocycles. The van der Waals surface area contributed by atoms with Crippen LogP contribution in [0, 0.1) is 10.1 Å². The van der Waals surface area contributed by atoms with Crippen LogP contribution in [0.5, 0.6) is 0 Å². The molecule has 0 saturated carbocycles. The molecule has 0 unspecified atom stereocenters. The van der Waals surface area contributed by atoms with Gasteiger partial charge in [-0.1, -0.05) is 25.0 Å². The highest BCUT2D eigenvalue weighted by Crippen LogP contribution is 2.27. The predicted octanol–water partition coefficient (Wildman–Crippen LogP) is 1.69. The number of sulfonamides is 1. The first-order valence-electron chi connectivity index (χ1n) is 10.1. The summed E-state index contributed by atoms with van der Waals surface area (Å²) in [4.78, 5) is 27.0.